The number of oxazole rings is 1. The van der Waals surface area contributed by atoms with Crippen molar-refractivity contribution in [3.05, 3.63) is 35.7 Å². The summed E-state index contributed by atoms with van der Waals surface area (Å²) in [6.07, 6.45) is 2.64. The lowest BCUT2D eigenvalue weighted by Crippen LogP contribution is -2.38. The van der Waals surface area contributed by atoms with Gasteiger partial charge in [0, 0.05) is 25.8 Å². The maximum atomic E-state index is 5.86. The molecule has 0 unspecified atom stereocenters. The molecule has 0 amide bonds. The van der Waals surface area contributed by atoms with Crippen LogP contribution in [0, 0.1) is 6.92 Å². The van der Waals surface area contributed by atoms with E-state index in [1.54, 1.807) is 14.2 Å². The molecule has 0 radical (unpaired) electrons. The summed E-state index contributed by atoms with van der Waals surface area (Å²) < 4.78 is 16.5. The summed E-state index contributed by atoms with van der Waals surface area (Å²) in [5, 5.41) is 0. The van der Waals surface area contributed by atoms with Crippen molar-refractivity contribution in [3.63, 3.8) is 0 Å². The maximum absolute atomic E-state index is 5.86. The van der Waals surface area contributed by atoms with E-state index in [2.05, 4.69) is 4.90 Å². The molecular weight excluding hydrogens is 292 g/mol. The zero-order valence-corrected chi connectivity index (χ0v) is 14.0. The van der Waals surface area contributed by atoms with E-state index in [0.29, 0.717) is 12.0 Å². The smallest absolute Gasteiger partial charge is 0.226 e. The number of aromatic nitrogens is 1. The first-order valence-electron chi connectivity index (χ1n) is 8.05. The van der Waals surface area contributed by atoms with Gasteiger partial charge in [-0.1, -0.05) is 0 Å². The summed E-state index contributed by atoms with van der Waals surface area (Å²) in [5.74, 6) is 2.38. The van der Waals surface area contributed by atoms with Gasteiger partial charge in [0.2, 0.25) is 5.89 Å². The van der Waals surface area contributed by atoms with Crippen molar-refractivity contribution >= 4 is 0 Å². The molecule has 1 aromatic carbocycles. The van der Waals surface area contributed by atoms with Crippen molar-refractivity contribution < 1.29 is 13.9 Å². The van der Waals surface area contributed by atoms with Crippen LogP contribution in [0.15, 0.2) is 28.7 Å². The van der Waals surface area contributed by atoms with Crippen LogP contribution in [0.2, 0.25) is 0 Å². The van der Waals surface area contributed by atoms with E-state index in [0.717, 1.165) is 48.8 Å². The minimum Gasteiger partial charge on any atom is -0.497 e. The predicted octanol–water partition coefficient (Wildman–Crippen LogP) is 3.27. The van der Waals surface area contributed by atoms with Gasteiger partial charge < -0.3 is 13.9 Å². The molecule has 1 aromatic heterocycles. The molecule has 0 N–H and O–H groups in total. The van der Waals surface area contributed by atoms with Gasteiger partial charge in [-0.2, -0.15) is 0 Å². The number of aryl methyl sites for hydroxylation is 1. The number of nitrogens with zero attached hydrogens (tertiary/aromatic N) is 2. The highest BCUT2D eigenvalue weighted by Crippen LogP contribution is 2.25. The molecule has 0 bridgehead atoms. The van der Waals surface area contributed by atoms with Crippen molar-refractivity contribution in [2.45, 2.75) is 32.4 Å². The number of rotatable bonds is 5. The third-order valence-corrected chi connectivity index (χ3v) is 4.40. The molecule has 2 heterocycles. The van der Waals surface area contributed by atoms with Crippen molar-refractivity contribution in [2.24, 2.45) is 0 Å². The van der Waals surface area contributed by atoms with Gasteiger partial charge in [0.05, 0.1) is 18.9 Å². The van der Waals surface area contributed by atoms with Crippen molar-refractivity contribution in [1.29, 1.82) is 0 Å². The topological polar surface area (TPSA) is 47.7 Å². The third-order valence-electron chi connectivity index (χ3n) is 4.40. The molecule has 1 fully saturated rings. The molecule has 2 aromatic rings. The normalized spacial score (nSPS) is 19.0. The second kappa shape index (κ2) is 7.15. The van der Waals surface area contributed by atoms with Gasteiger partial charge in [0.15, 0.2) is 0 Å². The first-order valence-corrected chi connectivity index (χ1v) is 8.05. The monoisotopic (exact) mass is 316 g/mol. The number of hydrogen-bond acceptors (Lipinski definition) is 5. The van der Waals surface area contributed by atoms with Gasteiger partial charge >= 0.3 is 0 Å². The Bertz CT molecular complexity index is 636. The average molecular weight is 316 g/mol. The number of hydrogen-bond donors (Lipinski definition) is 0. The Kier molecular flexibility index (Phi) is 4.98. The molecule has 124 valence electrons. The third kappa shape index (κ3) is 3.74. The fourth-order valence-electron chi connectivity index (χ4n) is 2.99. The zero-order chi connectivity index (χ0) is 16.2. The molecule has 3 rings (SSSR count). The fraction of sp³-hybridized carbons (Fsp3) is 0.500. The quantitative estimate of drug-likeness (QED) is 0.847. The molecule has 0 spiro atoms. The standard InChI is InChI=1S/C18H24N2O3/c1-13-17(12-20-10-4-5-16(11-20)22-3)19-18(23-13)14-6-8-15(21-2)9-7-14/h6-9,16H,4-5,10-12H2,1-3H3/t16-/m1/s1. The minimum atomic E-state index is 0.331. The van der Waals surface area contributed by atoms with Gasteiger partial charge in [-0.3, -0.25) is 4.90 Å². The van der Waals surface area contributed by atoms with Gasteiger partial charge in [-0.05, 0) is 50.6 Å². The summed E-state index contributed by atoms with van der Waals surface area (Å²) in [4.78, 5) is 7.08. The number of likely N-dealkylation sites (tertiary alicyclic amines) is 1. The highest BCUT2D eigenvalue weighted by molar-refractivity contribution is 5.55. The van der Waals surface area contributed by atoms with Gasteiger partial charge in [-0.25, -0.2) is 4.98 Å². The Morgan fingerprint density at radius 2 is 2.04 bits per heavy atom. The molecule has 5 heteroatoms. The van der Waals surface area contributed by atoms with Crippen LogP contribution in [0.1, 0.15) is 24.3 Å². The molecule has 5 nitrogen and oxygen atoms in total. The highest BCUT2D eigenvalue weighted by Gasteiger charge is 2.21. The van der Waals surface area contributed by atoms with E-state index in [1.807, 2.05) is 31.2 Å². The molecule has 0 aliphatic carbocycles. The minimum absolute atomic E-state index is 0.331. The summed E-state index contributed by atoms with van der Waals surface area (Å²) in [7, 11) is 3.45. The second-order valence-electron chi connectivity index (χ2n) is 5.99. The Morgan fingerprint density at radius 1 is 1.26 bits per heavy atom. The van der Waals surface area contributed by atoms with E-state index in [4.69, 9.17) is 18.9 Å². The number of piperidine rings is 1. The lowest BCUT2D eigenvalue weighted by Gasteiger charge is -2.31. The Morgan fingerprint density at radius 3 is 2.74 bits per heavy atom. The fourth-order valence-corrected chi connectivity index (χ4v) is 2.99. The van der Waals surface area contributed by atoms with Crippen molar-refractivity contribution in [3.8, 4) is 17.2 Å². The largest absolute Gasteiger partial charge is 0.497 e. The predicted molar refractivity (Wildman–Crippen MR) is 88.5 cm³/mol. The summed E-state index contributed by atoms with van der Waals surface area (Å²) in [6.45, 7) is 4.84. The van der Waals surface area contributed by atoms with Gasteiger partial charge in [-0.15, -0.1) is 0 Å². The van der Waals surface area contributed by atoms with Crippen LogP contribution in [0.25, 0.3) is 11.5 Å². The van der Waals surface area contributed by atoms with Crippen LogP contribution >= 0.6 is 0 Å². The first kappa shape index (κ1) is 16.0. The van der Waals surface area contributed by atoms with Gasteiger partial charge in [0.25, 0.3) is 0 Å². The van der Waals surface area contributed by atoms with Crippen LogP contribution in [-0.4, -0.2) is 43.3 Å². The molecule has 1 saturated heterocycles. The summed E-state index contributed by atoms with van der Waals surface area (Å²) in [5.41, 5.74) is 1.97. The summed E-state index contributed by atoms with van der Waals surface area (Å²) >= 11 is 0. The molecular formula is C18H24N2O3. The first-order chi connectivity index (χ1) is 11.2. The Hall–Kier alpha value is -1.85. The Labute approximate surface area is 137 Å². The van der Waals surface area contributed by atoms with Crippen LogP contribution < -0.4 is 4.74 Å². The van der Waals surface area contributed by atoms with E-state index < -0.39 is 0 Å². The lowest BCUT2D eigenvalue weighted by molar-refractivity contribution is 0.0280. The van der Waals surface area contributed by atoms with Crippen LogP contribution in [0.4, 0.5) is 0 Å². The van der Waals surface area contributed by atoms with Crippen molar-refractivity contribution in [2.75, 3.05) is 27.3 Å². The molecule has 1 aliphatic heterocycles. The zero-order valence-electron chi connectivity index (χ0n) is 14.0. The van der Waals surface area contributed by atoms with E-state index in [-0.39, 0.29) is 0 Å². The molecule has 1 aliphatic rings. The average Bonchev–Trinajstić information content (AvgIpc) is 2.96. The van der Waals surface area contributed by atoms with E-state index in [1.165, 1.54) is 6.42 Å². The number of ether oxygens (including phenoxy) is 2. The number of benzene rings is 1. The van der Waals surface area contributed by atoms with Crippen LogP contribution in [0.3, 0.4) is 0 Å². The molecule has 23 heavy (non-hydrogen) atoms. The second-order valence-corrected chi connectivity index (χ2v) is 5.99. The van der Waals surface area contributed by atoms with Crippen molar-refractivity contribution in [1.82, 2.24) is 9.88 Å². The van der Waals surface area contributed by atoms with E-state index >= 15 is 0 Å². The lowest BCUT2D eigenvalue weighted by atomic mass is 10.1. The van der Waals surface area contributed by atoms with Crippen LogP contribution in [0.5, 0.6) is 5.75 Å². The number of methoxy groups -OCH3 is 2. The van der Waals surface area contributed by atoms with Crippen LogP contribution in [-0.2, 0) is 11.3 Å². The highest BCUT2D eigenvalue weighted by atomic mass is 16.5. The van der Waals surface area contributed by atoms with Gasteiger partial charge in [0.1, 0.15) is 11.5 Å². The molecule has 0 saturated carbocycles. The van der Waals surface area contributed by atoms with E-state index in [9.17, 15) is 0 Å². The molecule has 1 atom stereocenters. The Balaban J connectivity index is 1.72. The summed E-state index contributed by atoms with van der Waals surface area (Å²) in [6, 6.07) is 7.77. The maximum Gasteiger partial charge on any atom is 0.226 e. The SMILES string of the molecule is COc1ccc(-c2nc(CN3CCC[C@@H](OC)C3)c(C)o2)cc1.